The summed E-state index contributed by atoms with van der Waals surface area (Å²) >= 11 is 1.19. The van der Waals surface area contributed by atoms with Crippen LogP contribution in [-0.2, 0) is 17.9 Å². The van der Waals surface area contributed by atoms with Crippen LogP contribution < -0.4 is 21.5 Å². The van der Waals surface area contributed by atoms with Crippen LogP contribution in [0.15, 0.2) is 27.8 Å². The van der Waals surface area contributed by atoms with E-state index in [2.05, 4.69) is 10.3 Å². The summed E-state index contributed by atoms with van der Waals surface area (Å²) in [6, 6.07) is 2.69. The summed E-state index contributed by atoms with van der Waals surface area (Å²) in [5, 5.41) is 2.89. The molecule has 30 heavy (non-hydrogen) atoms. The number of thiazole rings is 1. The highest BCUT2D eigenvalue weighted by atomic mass is 32.1. The first-order valence-electron chi connectivity index (χ1n) is 9.53. The first kappa shape index (κ1) is 20.2. The number of hydrogen-bond donors (Lipinski definition) is 1. The second-order valence-corrected chi connectivity index (χ2v) is 7.91. The quantitative estimate of drug-likeness (QED) is 0.664. The molecule has 158 valence electrons. The molecular formula is C19H19F2N5O3S. The fraction of sp³-hybridized carbons (Fsp3) is 0.368. The molecule has 0 saturated carbocycles. The standard InChI is InChI=1S/C19H19F2N5O3S/c1-2-25-17(28)15-16(23-18(30-15)24-7-3-4-8-24)26(19(25)29)10-14(27)22-13-9-11(20)5-6-12(13)21/h5-6,9H,2-4,7-8,10H2,1H3,(H,22,27). The van der Waals surface area contributed by atoms with Crippen molar-refractivity contribution in [3.05, 3.63) is 50.7 Å². The van der Waals surface area contributed by atoms with Gasteiger partial charge in [0.15, 0.2) is 10.8 Å². The first-order chi connectivity index (χ1) is 14.4. The summed E-state index contributed by atoms with van der Waals surface area (Å²) < 4.78 is 29.6. The van der Waals surface area contributed by atoms with Crippen LogP contribution in [0.5, 0.6) is 0 Å². The molecule has 1 saturated heterocycles. The van der Waals surface area contributed by atoms with Crippen LogP contribution in [0.2, 0.25) is 0 Å². The van der Waals surface area contributed by atoms with Crippen molar-refractivity contribution in [3.63, 3.8) is 0 Å². The third-order valence-electron chi connectivity index (χ3n) is 4.95. The van der Waals surface area contributed by atoms with E-state index in [0.29, 0.717) is 5.13 Å². The van der Waals surface area contributed by atoms with E-state index >= 15 is 0 Å². The molecule has 1 fully saturated rings. The molecule has 3 heterocycles. The Morgan fingerprint density at radius 3 is 2.63 bits per heavy atom. The number of amides is 1. The van der Waals surface area contributed by atoms with E-state index < -0.39 is 35.3 Å². The van der Waals surface area contributed by atoms with Gasteiger partial charge in [-0.3, -0.25) is 18.7 Å². The second-order valence-electron chi connectivity index (χ2n) is 6.93. The van der Waals surface area contributed by atoms with Crippen molar-refractivity contribution in [2.75, 3.05) is 23.3 Å². The van der Waals surface area contributed by atoms with Crippen LogP contribution in [0.4, 0.5) is 19.6 Å². The zero-order valence-corrected chi connectivity index (χ0v) is 17.0. The molecule has 0 unspecified atom stereocenters. The van der Waals surface area contributed by atoms with E-state index in [0.717, 1.165) is 53.3 Å². The third kappa shape index (κ3) is 3.60. The Bertz CT molecular complexity index is 1240. The van der Waals surface area contributed by atoms with E-state index in [-0.39, 0.29) is 22.6 Å². The van der Waals surface area contributed by atoms with Crippen molar-refractivity contribution in [3.8, 4) is 0 Å². The largest absolute Gasteiger partial charge is 0.348 e. The normalized spacial score (nSPS) is 13.9. The molecule has 3 aromatic rings. The Morgan fingerprint density at radius 1 is 1.20 bits per heavy atom. The zero-order valence-electron chi connectivity index (χ0n) is 16.2. The Labute approximate surface area is 173 Å². The van der Waals surface area contributed by atoms with E-state index in [1.807, 2.05) is 4.90 Å². The summed E-state index contributed by atoms with van der Waals surface area (Å²) in [5.74, 6) is -2.24. The maximum Gasteiger partial charge on any atom is 0.333 e. The predicted octanol–water partition coefficient (Wildman–Crippen LogP) is 2.16. The lowest BCUT2D eigenvalue weighted by Gasteiger charge is -2.12. The van der Waals surface area contributed by atoms with Crippen molar-refractivity contribution in [2.45, 2.75) is 32.9 Å². The molecule has 11 heteroatoms. The van der Waals surface area contributed by atoms with Crippen molar-refractivity contribution >= 4 is 38.4 Å². The molecule has 0 atom stereocenters. The monoisotopic (exact) mass is 435 g/mol. The molecular weight excluding hydrogens is 416 g/mol. The van der Waals surface area contributed by atoms with Gasteiger partial charge in [0.1, 0.15) is 22.9 Å². The van der Waals surface area contributed by atoms with Gasteiger partial charge >= 0.3 is 5.69 Å². The van der Waals surface area contributed by atoms with Gasteiger partial charge in [-0.2, -0.15) is 0 Å². The fourth-order valence-electron chi connectivity index (χ4n) is 3.46. The Kier molecular flexibility index (Phi) is 5.37. The minimum Gasteiger partial charge on any atom is -0.348 e. The van der Waals surface area contributed by atoms with Gasteiger partial charge in [0, 0.05) is 25.7 Å². The van der Waals surface area contributed by atoms with Gasteiger partial charge in [0.05, 0.1) is 5.69 Å². The lowest BCUT2D eigenvalue weighted by Crippen LogP contribution is -2.41. The average molecular weight is 435 g/mol. The highest BCUT2D eigenvalue weighted by Crippen LogP contribution is 2.28. The number of carbonyl (C=O) groups excluding carboxylic acids is 1. The minimum absolute atomic E-state index is 0.122. The highest BCUT2D eigenvalue weighted by Gasteiger charge is 2.23. The molecule has 1 N–H and O–H groups in total. The van der Waals surface area contributed by atoms with E-state index in [9.17, 15) is 23.2 Å². The number of carbonyl (C=O) groups is 1. The number of hydrogen-bond acceptors (Lipinski definition) is 6. The maximum atomic E-state index is 13.8. The van der Waals surface area contributed by atoms with Crippen LogP contribution in [0, 0.1) is 11.6 Å². The maximum absolute atomic E-state index is 13.8. The molecule has 1 aromatic carbocycles. The average Bonchev–Trinajstić information content (AvgIpc) is 3.38. The van der Waals surface area contributed by atoms with Crippen LogP contribution in [0.1, 0.15) is 19.8 Å². The van der Waals surface area contributed by atoms with Crippen molar-refractivity contribution in [2.24, 2.45) is 0 Å². The van der Waals surface area contributed by atoms with Crippen LogP contribution in [0.25, 0.3) is 10.3 Å². The van der Waals surface area contributed by atoms with Gasteiger partial charge in [-0.25, -0.2) is 18.6 Å². The summed E-state index contributed by atoms with van der Waals surface area (Å²) in [6.07, 6.45) is 2.03. The second kappa shape index (κ2) is 7.98. The number of aromatic nitrogens is 3. The van der Waals surface area contributed by atoms with Crippen LogP contribution in [-0.4, -0.2) is 33.1 Å². The molecule has 1 amide bonds. The van der Waals surface area contributed by atoms with Gasteiger partial charge in [0.2, 0.25) is 5.91 Å². The van der Waals surface area contributed by atoms with Gasteiger partial charge in [0.25, 0.3) is 5.56 Å². The minimum atomic E-state index is -0.800. The zero-order chi connectivity index (χ0) is 21.4. The summed E-state index contributed by atoms with van der Waals surface area (Å²) in [7, 11) is 0. The molecule has 1 aliphatic rings. The highest BCUT2D eigenvalue weighted by molar-refractivity contribution is 7.22. The number of nitrogens with one attached hydrogen (secondary N) is 1. The molecule has 2 aromatic heterocycles. The number of benzene rings is 1. The Morgan fingerprint density at radius 2 is 1.93 bits per heavy atom. The van der Waals surface area contributed by atoms with Gasteiger partial charge in [-0.15, -0.1) is 0 Å². The molecule has 0 spiro atoms. The SMILES string of the molecule is CCn1c(=O)c2sc(N3CCCC3)nc2n(CC(=O)Nc2cc(F)ccc2F)c1=O. The van der Waals surface area contributed by atoms with E-state index in [1.165, 1.54) is 11.3 Å². The lowest BCUT2D eigenvalue weighted by atomic mass is 10.3. The van der Waals surface area contributed by atoms with Gasteiger partial charge < -0.3 is 10.2 Å². The van der Waals surface area contributed by atoms with Crippen molar-refractivity contribution < 1.29 is 13.6 Å². The van der Waals surface area contributed by atoms with Crippen LogP contribution >= 0.6 is 11.3 Å². The van der Waals surface area contributed by atoms with Crippen molar-refractivity contribution in [1.29, 1.82) is 0 Å². The first-order valence-corrected chi connectivity index (χ1v) is 10.3. The number of fused-ring (bicyclic) bond motifs is 1. The Balaban J connectivity index is 1.75. The summed E-state index contributed by atoms with van der Waals surface area (Å²) in [4.78, 5) is 44.6. The summed E-state index contributed by atoms with van der Waals surface area (Å²) in [5.41, 5.74) is -1.34. The number of halogens is 2. The molecule has 4 rings (SSSR count). The number of anilines is 2. The molecule has 0 radical (unpaired) electrons. The number of nitrogens with zero attached hydrogens (tertiary/aromatic N) is 4. The fourth-order valence-corrected chi connectivity index (χ4v) is 4.53. The number of rotatable bonds is 5. The summed E-state index contributed by atoms with van der Waals surface area (Å²) in [6.45, 7) is 2.92. The van der Waals surface area contributed by atoms with E-state index in [4.69, 9.17) is 0 Å². The lowest BCUT2D eigenvalue weighted by molar-refractivity contribution is -0.116. The molecule has 0 bridgehead atoms. The Hall–Kier alpha value is -3.08. The predicted molar refractivity (Wildman–Crippen MR) is 110 cm³/mol. The topological polar surface area (TPSA) is 89.2 Å². The molecule has 0 aliphatic carbocycles. The van der Waals surface area contributed by atoms with Crippen molar-refractivity contribution in [1.82, 2.24) is 14.1 Å². The van der Waals surface area contributed by atoms with Crippen LogP contribution in [0.3, 0.4) is 0 Å². The third-order valence-corrected chi connectivity index (χ3v) is 6.05. The smallest absolute Gasteiger partial charge is 0.333 e. The molecule has 8 nitrogen and oxygen atoms in total. The van der Waals surface area contributed by atoms with Gasteiger partial charge in [-0.1, -0.05) is 11.3 Å². The van der Waals surface area contributed by atoms with Gasteiger partial charge in [-0.05, 0) is 31.9 Å². The molecule has 1 aliphatic heterocycles. The van der Waals surface area contributed by atoms with E-state index in [1.54, 1.807) is 6.92 Å².